The van der Waals surface area contributed by atoms with Crippen molar-refractivity contribution in [2.24, 2.45) is 0 Å². The molecule has 0 atom stereocenters. The number of Topliss-reactive ketones (excluding diaryl/α,β-unsaturated/α-hetero) is 1. The van der Waals surface area contributed by atoms with E-state index in [9.17, 15) is 4.79 Å². The summed E-state index contributed by atoms with van der Waals surface area (Å²) in [4.78, 5) is 13.9. The molecule has 0 aromatic heterocycles. The molecule has 0 heterocycles. The first-order chi connectivity index (χ1) is 8.99. The van der Waals surface area contributed by atoms with E-state index in [2.05, 4.69) is 6.58 Å². The summed E-state index contributed by atoms with van der Waals surface area (Å²) >= 11 is 0. The summed E-state index contributed by atoms with van der Waals surface area (Å²) in [6.45, 7) is 5.59. The van der Waals surface area contributed by atoms with Gasteiger partial charge >= 0.3 is 0 Å². The van der Waals surface area contributed by atoms with Gasteiger partial charge in [0.2, 0.25) is 0 Å². The third-order valence-electron chi connectivity index (χ3n) is 2.89. The number of carbonyl (C=O) groups excluding carboxylic acids is 1. The zero-order valence-electron chi connectivity index (χ0n) is 12.1. The number of ether oxygens (including phenoxy) is 1. The Balaban J connectivity index is 3.08. The minimum atomic E-state index is 0.0311. The zero-order valence-corrected chi connectivity index (χ0v) is 12.1. The van der Waals surface area contributed by atoms with Crippen LogP contribution in [0.15, 0.2) is 42.2 Å². The SMILES string of the molecule is C=C(OC)/C(=C\c1ccc(N(C)C)cc1)C(=O)CC. The third-order valence-corrected chi connectivity index (χ3v) is 2.89. The lowest BCUT2D eigenvalue weighted by Gasteiger charge is -2.12. The maximum absolute atomic E-state index is 11.9. The molecule has 3 heteroatoms. The molecule has 0 aliphatic heterocycles. The quantitative estimate of drug-likeness (QED) is 0.446. The number of methoxy groups -OCH3 is 1. The van der Waals surface area contributed by atoms with Gasteiger partial charge in [0.05, 0.1) is 12.7 Å². The van der Waals surface area contributed by atoms with Gasteiger partial charge in [-0.25, -0.2) is 0 Å². The van der Waals surface area contributed by atoms with Gasteiger partial charge in [-0.15, -0.1) is 0 Å². The highest BCUT2D eigenvalue weighted by atomic mass is 16.5. The van der Waals surface area contributed by atoms with Gasteiger partial charge in [0.15, 0.2) is 5.78 Å². The summed E-state index contributed by atoms with van der Waals surface area (Å²) in [6.07, 6.45) is 2.25. The fraction of sp³-hybridized carbons (Fsp3) is 0.312. The summed E-state index contributed by atoms with van der Waals surface area (Å²) in [6, 6.07) is 7.97. The highest BCUT2D eigenvalue weighted by Gasteiger charge is 2.11. The predicted octanol–water partition coefficient (Wildman–Crippen LogP) is 3.28. The molecule has 0 saturated heterocycles. The predicted molar refractivity (Wildman–Crippen MR) is 80.2 cm³/mol. The number of hydrogen-bond donors (Lipinski definition) is 0. The lowest BCUT2D eigenvalue weighted by Crippen LogP contribution is -2.08. The number of nitrogens with zero attached hydrogens (tertiary/aromatic N) is 1. The summed E-state index contributed by atoms with van der Waals surface area (Å²) < 4.78 is 5.08. The molecule has 3 nitrogen and oxygen atoms in total. The van der Waals surface area contributed by atoms with Crippen LogP contribution in [0.3, 0.4) is 0 Å². The van der Waals surface area contributed by atoms with Gasteiger partial charge < -0.3 is 9.64 Å². The smallest absolute Gasteiger partial charge is 0.166 e. The van der Waals surface area contributed by atoms with E-state index < -0.39 is 0 Å². The zero-order chi connectivity index (χ0) is 14.4. The number of anilines is 1. The number of rotatable bonds is 6. The molecule has 1 rings (SSSR count). The topological polar surface area (TPSA) is 29.5 Å². The molecule has 0 aliphatic rings. The molecule has 0 saturated carbocycles. The van der Waals surface area contributed by atoms with Crippen LogP contribution < -0.4 is 4.90 Å². The molecule has 1 aromatic carbocycles. The molecular weight excluding hydrogens is 238 g/mol. The van der Waals surface area contributed by atoms with Crippen molar-refractivity contribution < 1.29 is 9.53 Å². The second-order valence-corrected chi connectivity index (χ2v) is 4.45. The largest absolute Gasteiger partial charge is 0.497 e. The molecular formula is C16H21NO2. The first-order valence-corrected chi connectivity index (χ1v) is 6.25. The van der Waals surface area contributed by atoms with Crippen LogP contribution in [0.1, 0.15) is 18.9 Å². The highest BCUT2D eigenvalue weighted by Crippen LogP contribution is 2.19. The van der Waals surface area contributed by atoms with E-state index in [1.807, 2.05) is 56.3 Å². The fourth-order valence-electron chi connectivity index (χ4n) is 1.65. The first kappa shape index (κ1) is 15.0. The highest BCUT2D eigenvalue weighted by molar-refractivity contribution is 6.02. The van der Waals surface area contributed by atoms with E-state index in [1.165, 1.54) is 7.11 Å². The van der Waals surface area contributed by atoms with Crippen LogP contribution in [-0.2, 0) is 9.53 Å². The Morgan fingerprint density at radius 1 is 1.32 bits per heavy atom. The summed E-state index contributed by atoms with van der Waals surface area (Å²) in [7, 11) is 5.50. The van der Waals surface area contributed by atoms with Crippen molar-refractivity contribution in [1.29, 1.82) is 0 Å². The fourth-order valence-corrected chi connectivity index (χ4v) is 1.65. The standard InChI is InChI=1S/C16H21NO2/c1-6-16(18)15(12(2)19-5)11-13-7-9-14(10-8-13)17(3)4/h7-11H,2,6H2,1,3-5H3/b15-11+. The van der Waals surface area contributed by atoms with Crippen molar-refractivity contribution in [3.63, 3.8) is 0 Å². The minimum Gasteiger partial charge on any atom is -0.497 e. The van der Waals surface area contributed by atoms with Crippen molar-refractivity contribution in [2.75, 3.05) is 26.1 Å². The van der Waals surface area contributed by atoms with Crippen LogP contribution in [0, 0.1) is 0 Å². The Bertz CT molecular complexity index is 466. The van der Waals surface area contributed by atoms with Gasteiger partial charge in [-0.2, -0.15) is 0 Å². The number of benzene rings is 1. The van der Waals surface area contributed by atoms with Gasteiger partial charge in [0.1, 0.15) is 5.76 Å². The van der Waals surface area contributed by atoms with Crippen molar-refractivity contribution >= 4 is 17.5 Å². The Morgan fingerprint density at radius 3 is 2.32 bits per heavy atom. The molecule has 0 fully saturated rings. The molecule has 0 aliphatic carbocycles. The summed E-state index contributed by atoms with van der Waals surface area (Å²) in [5, 5.41) is 0. The van der Waals surface area contributed by atoms with Crippen molar-refractivity contribution in [2.45, 2.75) is 13.3 Å². The number of hydrogen-bond acceptors (Lipinski definition) is 3. The van der Waals surface area contributed by atoms with Crippen molar-refractivity contribution in [3.05, 3.63) is 47.7 Å². The lowest BCUT2D eigenvalue weighted by atomic mass is 10.0. The summed E-state index contributed by atoms with van der Waals surface area (Å²) in [5.41, 5.74) is 2.61. The lowest BCUT2D eigenvalue weighted by molar-refractivity contribution is -0.115. The monoisotopic (exact) mass is 259 g/mol. The molecule has 19 heavy (non-hydrogen) atoms. The van der Waals surface area contributed by atoms with Gasteiger partial charge in [0, 0.05) is 26.2 Å². The Labute approximate surface area is 115 Å². The normalized spacial score (nSPS) is 11.1. The van der Waals surface area contributed by atoms with E-state index in [0.29, 0.717) is 17.8 Å². The van der Waals surface area contributed by atoms with E-state index >= 15 is 0 Å². The van der Waals surface area contributed by atoms with Crippen LogP contribution in [0.4, 0.5) is 5.69 Å². The van der Waals surface area contributed by atoms with E-state index in [1.54, 1.807) is 0 Å². The maximum atomic E-state index is 11.9. The van der Waals surface area contributed by atoms with Crippen LogP contribution in [-0.4, -0.2) is 27.0 Å². The van der Waals surface area contributed by atoms with Crippen molar-refractivity contribution in [3.8, 4) is 0 Å². The number of carbonyl (C=O) groups is 1. The van der Waals surface area contributed by atoms with Crippen LogP contribution >= 0.6 is 0 Å². The second-order valence-electron chi connectivity index (χ2n) is 4.45. The van der Waals surface area contributed by atoms with Gasteiger partial charge in [-0.1, -0.05) is 25.6 Å². The number of ketones is 1. The van der Waals surface area contributed by atoms with E-state index in [4.69, 9.17) is 4.74 Å². The van der Waals surface area contributed by atoms with Gasteiger partial charge in [-0.05, 0) is 23.8 Å². The molecule has 0 amide bonds. The average Bonchev–Trinajstić information content (AvgIpc) is 2.43. The molecule has 0 bridgehead atoms. The maximum Gasteiger partial charge on any atom is 0.166 e. The van der Waals surface area contributed by atoms with Crippen LogP contribution in [0.5, 0.6) is 0 Å². The van der Waals surface area contributed by atoms with Crippen molar-refractivity contribution in [1.82, 2.24) is 0 Å². The van der Waals surface area contributed by atoms with Crippen LogP contribution in [0.2, 0.25) is 0 Å². The Kier molecular flexibility index (Phi) is 5.37. The second kappa shape index (κ2) is 6.78. The molecule has 0 radical (unpaired) electrons. The van der Waals surface area contributed by atoms with Gasteiger partial charge in [0.25, 0.3) is 0 Å². The summed E-state index contributed by atoms with van der Waals surface area (Å²) in [5.74, 6) is 0.437. The Morgan fingerprint density at radius 2 is 1.89 bits per heavy atom. The molecule has 1 aromatic rings. The molecule has 102 valence electrons. The molecule has 0 spiro atoms. The molecule has 0 N–H and O–H groups in total. The van der Waals surface area contributed by atoms with Gasteiger partial charge in [-0.3, -0.25) is 4.79 Å². The number of allylic oxidation sites excluding steroid dienone is 1. The first-order valence-electron chi connectivity index (χ1n) is 6.25. The third kappa shape index (κ3) is 3.98. The van der Waals surface area contributed by atoms with Crippen LogP contribution in [0.25, 0.3) is 6.08 Å². The minimum absolute atomic E-state index is 0.0311. The van der Waals surface area contributed by atoms with E-state index in [-0.39, 0.29) is 5.78 Å². The van der Waals surface area contributed by atoms with E-state index in [0.717, 1.165) is 11.3 Å². The average molecular weight is 259 g/mol. The molecule has 0 unspecified atom stereocenters. The Hall–Kier alpha value is -2.03.